The highest BCUT2D eigenvalue weighted by molar-refractivity contribution is 9.10. The minimum absolute atomic E-state index is 0.0594. The average Bonchev–Trinajstić information content (AvgIpc) is 3.28. The highest BCUT2D eigenvalue weighted by Crippen LogP contribution is 2.20. The predicted octanol–water partition coefficient (Wildman–Crippen LogP) is 1.44. The molecule has 1 unspecified atom stereocenters. The van der Waals surface area contributed by atoms with Crippen LogP contribution in [-0.2, 0) is 16.1 Å². The van der Waals surface area contributed by atoms with E-state index in [9.17, 15) is 14.4 Å². The highest BCUT2D eigenvalue weighted by atomic mass is 79.9. The third-order valence-corrected chi connectivity index (χ3v) is 4.03. The van der Waals surface area contributed by atoms with Crippen LogP contribution in [0, 0.1) is 5.92 Å². The molecule has 3 amide bonds. The summed E-state index contributed by atoms with van der Waals surface area (Å²) in [5.74, 6) is -0.954. The molecular weight excluding hydrogens is 382 g/mol. The van der Waals surface area contributed by atoms with Gasteiger partial charge in [-0.3, -0.25) is 25.2 Å². The maximum Gasteiger partial charge on any atom is 0.305 e. The fourth-order valence-electron chi connectivity index (χ4n) is 2.41. The van der Waals surface area contributed by atoms with E-state index in [2.05, 4.69) is 26.8 Å². The van der Waals surface area contributed by atoms with Crippen molar-refractivity contribution in [3.8, 4) is 0 Å². The monoisotopic (exact) mass is 395 g/mol. The molecule has 0 aromatic carbocycles. The van der Waals surface area contributed by atoms with Crippen molar-refractivity contribution in [3.63, 3.8) is 0 Å². The summed E-state index contributed by atoms with van der Waals surface area (Å²) in [6.07, 6.45) is 1.62. The van der Waals surface area contributed by atoms with Crippen LogP contribution in [0.3, 0.4) is 0 Å². The second-order valence-corrected chi connectivity index (χ2v) is 6.08. The summed E-state index contributed by atoms with van der Waals surface area (Å²) in [6, 6.07) is 6.54. The molecule has 9 heteroatoms. The van der Waals surface area contributed by atoms with Gasteiger partial charge in [-0.05, 0) is 40.2 Å². The normalized spacial score (nSPS) is 17.1. The van der Waals surface area contributed by atoms with Crippen molar-refractivity contribution in [2.75, 3.05) is 6.54 Å². The Kier molecular flexibility index (Phi) is 4.70. The third-order valence-electron chi connectivity index (χ3n) is 3.61. The van der Waals surface area contributed by atoms with Gasteiger partial charge in [0, 0.05) is 13.0 Å². The fraction of sp³-hybridized carbons (Fsp3) is 0.267. The Morgan fingerprint density at radius 3 is 2.79 bits per heavy atom. The van der Waals surface area contributed by atoms with Gasteiger partial charge in [0.1, 0.15) is 5.76 Å². The maximum absolute atomic E-state index is 12.1. The smallest absolute Gasteiger partial charge is 0.305 e. The van der Waals surface area contributed by atoms with Gasteiger partial charge in [-0.1, -0.05) is 0 Å². The Balaban J connectivity index is 1.50. The lowest BCUT2D eigenvalue weighted by molar-refractivity contribution is -0.129. The Morgan fingerprint density at radius 2 is 2.12 bits per heavy atom. The van der Waals surface area contributed by atoms with Crippen LogP contribution < -0.4 is 10.9 Å². The van der Waals surface area contributed by atoms with Gasteiger partial charge in [0.25, 0.3) is 0 Å². The first-order chi connectivity index (χ1) is 11.5. The molecule has 0 bridgehead atoms. The van der Waals surface area contributed by atoms with E-state index in [0.29, 0.717) is 17.0 Å². The minimum Gasteiger partial charge on any atom is -0.467 e. The third kappa shape index (κ3) is 3.67. The minimum atomic E-state index is -0.578. The zero-order valence-electron chi connectivity index (χ0n) is 12.5. The number of likely N-dealkylation sites (tertiary alicyclic amines) is 1. The van der Waals surface area contributed by atoms with Gasteiger partial charge in [-0.25, -0.2) is 0 Å². The highest BCUT2D eigenvalue weighted by Gasteiger charge is 2.34. The number of nitrogens with one attached hydrogen (secondary N) is 2. The predicted molar refractivity (Wildman–Crippen MR) is 84.2 cm³/mol. The first-order valence-electron chi connectivity index (χ1n) is 7.18. The molecular formula is C15H14BrN3O5. The quantitative estimate of drug-likeness (QED) is 0.762. The van der Waals surface area contributed by atoms with Crippen molar-refractivity contribution in [2.45, 2.75) is 13.0 Å². The van der Waals surface area contributed by atoms with Crippen LogP contribution in [0.1, 0.15) is 22.7 Å². The Morgan fingerprint density at radius 1 is 1.29 bits per heavy atom. The number of carbonyl (C=O) groups is 3. The van der Waals surface area contributed by atoms with Crippen molar-refractivity contribution in [2.24, 2.45) is 5.92 Å². The molecule has 1 fully saturated rings. The fourth-order valence-corrected chi connectivity index (χ4v) is 2.72. The molecule has 0 saturated carbocycles. The molecule has 3 rings (SSSR count). The number of furan rings is 2. The average molecular weight is 396 g/mol. The molecule has 2 aromatic rings. The molecule has 0 spiro atoms. The van der Waals surface area contributed by atoms with Gasteiger partial charge in [0.05, 0.1) is 18.7 Å². The SMILES string of the molecule is O=C(NNC(=O)C1CC(=O)N(Cc2ccco2)C1)c1ccc(Br)o1. The zero-order chi connectivity index (χ0) is 17.1. The summed E-state index contributed by atoms with van der Waals surface area (Å²) in [4.78, 5) is 37.4. The summed E-state index contributed by atoms with van der Waals surface area (Å²) in [7, 11) is 0. The van der Waals surface area contributed by atoms with Crippen molar-refractivity contribution < 1.29 is 23.2 Å². The topological polar surface area (TPSA) is 105 Å². The largest absolute Gasteiger partial charge is 0.467 e. The van der Waals surface area contributed by atoms with Crippen LogP contribution in [0.15, 0.2) is 44.0 Å². The Labute approximate surface area is 145 Å². The first kappa shape index (κ1) is 16.3. The van der Waals surface area contributed by atoms with Gasteiger partial charge in [-0.2, -0.15) is 0 Å². The van der Waals surface area contributed by atoms with E-state index in [1.165, 1.54) is 12.3 Å². The van der Waals surface area contributed by atoms with Gasteiger partial charge >= 0.3 is 5.91 Å². The summed E-state index contributed by atoms with van der Waals surface area (Å²) in [5.41, 5.74) is 4.58. The summed E-state index contributed by atoms with van der Waals surface area (Å²) >= 11 is 3.09. The Hall–Kier alpha value is -2.55. The van der Waals surface area contributed by atoms with Crippen molar-refractivity contribution >= 4 is 33.7 Å². The van der Waals surface area contributed by atoms with Crippen LogP contribution >= 0.6 is 15.9 Å². The number of halogens is 1. The molecule has 1 atom stereocenters. The zero-order valence-corrected chi connectivity index (χ0v) is 14.0. The summed E-state index contributed by atoms with van der Waals surface area (Å²) < 4.78 is 10.7. The van der Waals surface area contributed by atoms with E-state index in [0.717, 1.165) is 0 Å². The summed E-state index contributed by atoms with van der Waals surface area (Å²) in [6.45, 7) is 0.593. The Bertz CT molecular complexity index is 755. The van der Waals surface area contributed by atoms with Gasteiger partial charge in [0.2, 0.25) is 11.8 Å². The van der Waals surface area contributed by atoms with Crippen molar-refractivity contribution in [3.05, 3.63) is 46.7 Å². The lowest BCUT2D eigenvalue weighted by Crippen LogP contribution is -2.45. The van der Waals surface area contributed by atoms with Gasteiger partial charge in [-0.15, -0.1) is 0 Å². The molecule has 24 heavy (non-hydrogen) atoms. The van der Waals surface area contributed by atoms with Crippen LogP contribution in [0.5, 0.6) is 0 Å². The molecule has 1 saturated heterocycles. The molecule has 2 N–H and O–H groups in total. The second kappa shape index (κ2) is 6.91. The number of hydrogen-bond donors (Lipinski definition) is 2. The van der Waals surface area contributed by atoms with Gasteiger partial charge < -0.3 is 13.7 Å². The standard InChI is InChI=1S/C15H14BrN3O5/c16-12-4-3-11(24-12)15(22)18-17-14(21)9-6-13(20)19(7-9)8-10-2-1-5-23-10/h1-5,9H,6-8H2,(H,17,21)(H,18,22). The molecule has 126 valence electrons. The lowest BCUT2D eigenvalue weighted by atomic mass is 10.1. The molecule has 1 aliphatic rings. The molecule has 8 nitrogen and oxygen atoms in total. The molecule has 0 radical (unpaired) electrons. The second-order valence-electron chi connectivity index (χ2n) is 5.30. The van der Waals surface area contributed by atoms with E-state index in [1.54, 1.807) is 23.1 Å². The van der Waals surface area contributed by atoms with E-state index in [-0.39, 0.29) is 24.6 Å². The van der Waals surface area contributed by atoms with Crippen LogP contribution in [0.2, 0.25) is 0 Å². The number of nitrogens with zero attached hydrogens (tertiary/aromatic N) is 1. The van der Waals surface area contributed by atoms with E-state index < -0.39 is 17.7 Å². The maximum atomic E-state index is 12.1. The molecule has 1 aliphatic heterocycles. The number of carbonyl (C=O) groups excluding carboxylic acids is 3. The first-order valence-corrected chi connectivity index (χ1v) is 7.98. The number of hydrogen-bond acceptors (Lipinski definition) is 5. The van der Waals surface area contributed by atoms with Crippen LogP contribution in [0.4, 0.5) is 0 Å². The number of rotatable bonds is 4. The molecule has 3 heterocycles. The molecule has 0 aliphatic carbocycles. The molecule has 2 aromatic heterocycles. The van der Waals surface area contributed by atoms with Gasteiger partial charge in [0.15, 0.2) is 10.4 Å². The van der Waals surface area contributed by atoms with E-state index in [1.807, 2.05) is 0 Å². The van der Waals surface area contributed by atoms with Crippen molar-refractivity contribution in [1.82, 2.24) is 15.8 Å². The number of amides is 3. The lowest BCUT2D eigenvalue weighted by Gasteiger charge is -2.15. The van der Waals surface area contributed by atoms with Crippen molar-refractivity contribution in [1.29, 1.82) is 0 Å². The number of hydrazine groups is 1. The van der Waals surface area contributed by atoms with E-state index >= 15 is 0 Å². The van der Waals surface area contributed by atoms with Crippen LogP contribution in [-0.4, -0.2) is 29.2 Å². The van der Waals surface area contributed by atoms with E-state index in [4.69, 9.17) is 8.83 Å². The van der Waals surface area contributed by atoms with Crippen LogP contribution in [0.25, 0.3) is 0 Å². The summed E-state index contributed by atoms with van der Waals surface area (Å²) in [5, 5.41) is 0.